The van der Waals surface area contributed by atoms with Crippen LogP contribution in [0, 0.1) is 0 Å². The fourth-order valence-electron chi connectivity index (χ4n) is 1.67. The molecule has 0 bridgehead atoms. The SMILES string of the molecule is O=C(O)c1ccc(Cl)cc1NC1(C(F)(F)F)CC1. The molecule has 1 saturated carbocycles. The number of aromatic carboxylic acids is 1. The number of carbonyl (C=O) groups is 1. The average molecular weight is 280 g/mol. The van der Waals surface area contributed by atoms with Crippen LogP contribution in [0.25, 0.3) is 0 Å². The number of alkyl halides is 3. The Balaban J connectivity index is 2.35. The van der Waals surface area contributed by atoms with Gasteiger partial charge in [-0.15, -0.1) is 0 Å². The number of carboxylic acid groups (broad SMARTS) is 1. The van der Waals surface area contributed by atoms with Gasteiger partial charge < -0.3 is 10.4 Å². The van der Waals surface area contributed by atoms with E-state index in [9.17, 15) is 18.0 Å². The van der Waals surface area contributed by atoms with Gasteiger partial charge in [0.1, 0.15) is 5.54 Å². The summed E-state index contributed by atoms with van der Waals surface area (Å²) in [5.74, 6) is -1.30. The molecule has 0 atom stereocenters. The third-order valence-electron chi connectivity index (χ3n) is 2.88. The first kappa shape index (κ1) is 13.0. The Kier molecular flexibility index (Phi) is 2.93. The van der Waals surface area contributed by atoms with E-state index in [2.05, 4.69) is 5.32 Å². The van der Waals surface area contributed by atoms with Gasteiger partial charge in [0.15, 0.2) is 0 Å². The Hall–Kier alpha value is -1.43. The van der Waals surface area contributed by atoms with Gasteiger partial charge in [-0.1, -0.05) is 11.6 Å². The molecule has 0 unspecified atom stereocenters. The van der Waals surface area contributed by atoms with Crippen molar-refractivity contribution in [2.45, 2.75) is 24.6 Å². The predicted octanol–water partition coefficient (Wildman–Crippen LogP) is 3.55. The van der Waals surface area contributed by atoms with E-state index in [0.29, 0.717) is 0 Å². The van der Waals surface area contributed by atoms with Crippen LogP contribution in [0.3, 0.4) is 0 Å². The molecule has 0 saturated heterocycles. The summed E-state index contributed by atoms with van der Waals surface area (Å²) in [5.41, 5.74) is -2.35. The normalized spacial score (nSPS) is 17.3. The molecule has 3 nitrogen and oxygen atoms in total. The van der Waals surface area contributed by atoms with Crippen LogP contribution in [0.5, 0.6) is 0 Å². The fraction of sp³-hybridized carbons (Fsp3) is 0.364. The number of nitrogens with one attached hydrogen (secondary N) is 1. The largest absolute Gasteiger partial charge is 0.478 e. The van der Waals surface area contributed by atoms with E-state index in [-0.39, 0.29) is 29.1 Å². The van der Waals surface area contributed by atoms with Crippen molar-refractivity contribution in [1.82, 2.24) is 0 Å². The number of rotatable bonds is 3. The summed E-state index contributed by atoms with van der Waals surface area (Å²) in [6.45, 7) is 0. The molecule has 0 spiro atoms. The molecule has 1 aliphatic rings. The van der Waals surface area contributed by atoms with Crippen molar-refractivity contribution < 1.29 is 23.1 Å². The second kappa shape index (κ2) is 4.05. The van der Waals surface area contributed by atoms with Crippen molar-refractivity contribution in [3.8, 4) is 0 Å². The summed E-state index contributed by atoms with van der Waals surface area (Å²) in [7, 11) is 0. The molecule has 2 rings (SSSR count). The predicted molar refractivity (Wildman–Crippen MR) is 60.1 cm³/mol. The summed E-state index contributed by atoms with van der Waals surface area (Å²) >= 11 is 5.67. The lowest BCUT2D eigenvalue weighted by Gasteiger charge is -2.23. The summed E-state index contributed by atoms with van der Waals surface area (Å²) < 4.78 is 38.3. The van der Waals surface area contributed by atoms with Crippen molar-refractivity contribution in [3.63, 3.8) is 0 Å². The maximum atomic E-state index is 12.8. The van der Waals surface area contributed by atoms with Crippen LogP contribution in [0.1, 0.15) is 23.2 Å². The zero-order valence-electron chi connectivity index (χ0n) is 9.01. The maximum absolute atomic E-state index is 12.8. The average Bonchev–Trinajstić information content (AvgIpc) is 2.97. The molecule has 1 fully saturated rings. The second-order valence-electron chi connectivity index (χ2n) is 4.20. The fourth-order valence-corrected chi connectivity index (χ4v) is 1.84. The number of benzene rings is 1. The van der Waals surface area contributed by atoms with Gasteiger partial charge in [0.2, 0.25) is 0 Å². The second-order valence-corrected chi connectivity index (χ2v) is 4.64. The minimum atomic E-state index is -4.41. The highest BCUT2D eigenvalue weighted by Crippen LogP contribution is 2.51. The Morgan fingerprint density at radius 1 is 1.39 bits per heavy atom. The van der Waals surface area contributed by atoms with Crippen molar-refractivity contribution in [2.24, 2.45) is 0 Å². The third-order valence-corrected chi connectivity index (χ3v) is 3.11. The minimum Gasteiger partial charge on any atom is -0.478 e. The monoisotopic (exact) mass is 279 g/mol. The first-order valence-corrected chi connectivity index (χ1v) is 5.51. The van der Waals surface area contributed by atoms with Crippen molar-refractivity contribution >= 4 is 23.3 Å². The zero-order valence-corrected chi connectivity index (χ0v) is 9.77. The first-order chi connectivity index (χ1) is 8.25. The lowest BCUT2D eigenvalue weighted by Crippen LogP contribution is -2.39. The molecule has 7 heteroatoms. The van der Waals surface area contributed by atoms with E-state index in [1.807, 2.05) is 0 Å². The molecular weight excluding hydrogens is 271 g/mol. The number of hydrogen-bond acceptors (Lipinski definition) is 2. The van der Waals surface area contributed by atoms with Crippen LogP contribution < -0.4 is 5.32 Å². The highest BCUT2D eigenvalue weighted by Gasteiger charge is 2.63. The Morgan fingerprint density at radius 3 is 2.44 bits per heavy atom. The van der Waals surface area contributed by atoms with Crippen molar-refractivity contribution in [3.05, 3.63) is 28.8 Å². The number of carboxylic acids is 1. The molecule has 1 aromatic carbocycles. The van der Waals surface area contributed by atoms with Crippen LogP contribution in [0.4, 0.5) is 18.9 Å². The van der Waals surface area contributed by atoms with Gasteiger partial charge in [0.25, 0.3) is 0 Å². The summed E-state index contributed by atoms with van der Waals surface area (Å²) in [4.78, 5) is 10.9. The highest BCUT2D eigenvalue weighted by molar-refractivity contribution is 6.31. The molecule has 98 valence electrons. The Labute approximate surface area is 106 Å². The molecule has 1 aromatic rings. The third kappa shape index (κ3) is 2.25. The smallest absolute Gasteiger partial charge is 0.411 e. The number of anilines is 1. The molecule has 0 heterocycles. The highest BCUT2D eigenvalue weighted by atomic mass is 35.5. The van der Waals surface area contributed by atoms with Gasteiger partial charge in [0.05, 0.1) is 11.3 Å². The van der Waals surface area contributed by atoms with Crippen molar-refractivity contribution in [1.29, 1.82) is 0 Å². The van der Waals surface area contributed by atoms with Gasteiger partial charge in [-0.2, -0.15) is 13.2 Å². The molecule has 1 aliphatic carbocycles. The van der Waals surface area contributed by atoms with E-state index in [4.69, 9.17) is 16.7 Å². The van der Waals surface area contributed by atoms with Crippen LogP contribution in [-0.4, -0.2) is 22.8 Å². The summed E-state index contributed by atoms with van der Waals surface area (Å²) in [5, 5.41) is 11.4. The van der Waals surface area contributed by atoms with Gasteiger partial charge in [-0.3, -0.25) is 0 Å². The van der Waals surface area contributed by atoms with E-state index in [1.165, 1.54) is 18.2 Å². The maximum Gasteiger partial charge on any atom is 0.411 e. The number of halogens is 4. The molecule has 0 radical (unpaired) electrons. The van der Waals surface area contributed by atoms with Crippen LogP contribution in [0.15, 0.2) is 18.2 Å². The van der Waals surface area contributed by atoms with Gasteiger partial charge >= 0.3 is 12.1 Å². The van der Waals surface area contributed by atoms with E-state index in [0.717, 1.165) is 0 Å². The van der Waals surface area contributed by atoms with E-state index >= 15 is 0 Å². The van der Waals surface area contributed by atoms with Crippen LogP contribution in [-0.2, 0) is 0 Å². The molecule has 0 amide bonds. The first-order valence-electron chi connectivity index (χ1n) is 5.13. The zero-order chi connectivity index (χ0) is 13.6. The quantitative estimate of drug-likeness (QED) is 0.890. The summed E-state index contributed by atoms with van der Waals surface area (Å²) in [6, 6.07) is 3.69. The lowest BCUT2D eigenvalue weighted by molar-refractivity contribution is -0.151. The van der Waals surface area contributed by atoms with Crippen molar-refractivity contribution in [2.75, 3.05) is 5.32 Å². The van der Waals surface area contributed by atoms with E-state index < -0.39 is 17.7 Å². The molecular formula is C11H9ClF3NO2. The van der Waals surface area contributed by atoms with Crippen LogP contribution in [0.2, 0.25) is 5.02 Å². The molecule has 2 N–H and O–H groups in total. The standard InChI is InChI=1S/C11H9ClF3NO2/c12-6-1-2-7(9(17)18)8(5-6)16-10(3-4-10)11(13,14)15/h1-2,5,16H,3-4H2,(H,17,18). The Morgan fingerprint density at radius 2 is 2.00 bits per heavy atom. The molecule has 0 aliphatic heterocycles. The number of hydrogen-bond donors (Lipinski definition) is 2. The Bertz CT molecular complexity index is 498. The molecule has 0 aromatic heterocycles. The van der Waals surface area contributed by atoms with Crippen LogP contribution >= 0.6 is 11.6 Å². The van der Waals surface area contributed by atoms with E-state index in [1.54, 1.807) is 0 Å². The van der Waals surface area contributed by atoms with Gasteiger partial charge in [0, 0.05) is 5.02 Å². The summed E-state index contributed by atoms with van der Waals surface area (Å²) in [6.07, 6.45) is -4.55. The molecule has 18 heavy (non-hydrogen) atoms. The van der Waals surface area contributed by atoms with Gasteiger partial charge in [-0.25, -0.2) is 4.79 Å². The topological polar surface area (TPSA) is 49.3 Å². The lowest BCUT2D eigenvalue weighted by atomic mass is 10.1. The minimum absolute atomic E-state index is 0.0674. The van der Waals surface area contributed by atoms with Gasteiger partial charge in [-0.05, 0) is 31.0 Å².